The smallest absolute Gasteiger partial charge is 0.338 e. The van der Waals surface area contributed by atoms with Crippen LogP contribution in [0, 0.1) is 11.3 Å². The molecule has 0 aliphatic rings. The zero-order valence-corrected chi connectivity index (χ0v) is 15.4. The van der Waals surface area contributed by atoms with Gasteiger partial charge in [-0.3, -0.25) is 4.79 Å². The Labute approximate surface area is 153 Å². The molecule has 0 aliphatic carbocycles. The minimum absolute atomic E-state index is 0.0102. The molecule has 2 aromatic rings. The average Bonchev–Trinajstić information content (AvgIpc) is 2.61. The number of nitriles is 1. The first-order valence-electron chi connectivity index (χ1n) is 8.34. The van der Waals surface area contributed by atoms with Crippen LogP contribution in [0.3, 0.4) is 0 Å². The van der Waals surface area contributed by atoms with Crippen molar-refractivity contribution in [2.45, 2.75) is 39.2 Å². The Hall–Kier alpha value is -3.13. The van der Waals surface area contributed by atoms with Crippen molar-refractivity contribution in [1.29, 1.82) is 5.26 Å². The summed E-state index contributed by atoms with van der Waals surface area (Å²) in [5.74, 6) is -1.06. The van der Waals surface area contributed by atoms with Gasteiger partial charge in [0.25, 0.3) is 5.91 Å². The highest BCUT2D eigenvalue weighted by atomic mass is 16.5. The lowest BCUT2D eigenvalue weighted by molar-refractivity contribution is -0.123. The van der Waals surface area contributed by atoms with Gasteiger partial charge in [0.05, 0.1) is 16.8 Å². The van der Waals surface area contributed by atoms with E-state index in [0.29, 0.717) is 16.8 Å². The topological polar surface area (TPSA) is 79.2 Å². The third-order valence-corrected chi connectivity index (χ3v) is 3.95. The third-order valence-electron chi connectivity index (χ3n) is 3.95. The molecule has 0 radical (unpaired) electrons. The van der Waals surface area contributed by atoms with Gasteiger partial charge in [0.1, 0.15) is 6.07 Å². The summed E-state index contributed by atoms with van der Waals surface area (Å²) >= 11 is 0. The van der Waals surface area contributed by atoms with Crippen molar-refractivity contribution in [3.63, 3.8) is 0 Å². The molecule has 5 nitrogen and oxygen atoms in total. The van der Waals surface area contributed by atoms with E-state index in [4.69, 9.17) is 10.00 Å². The molecule has 0 saturated carbocycles. The molecule has 1 N–H and O–H groups in total. The molecule has 2 aromatic carbocycles. The van der Waals surface area contributed by atoms with Crippen LogP contribution in [-0.2, 0) is 14.9 Å². The number of rotatable bonds is 4. The quantitative estimate of drug-likeness (QED) is 0.844. The predicted molar refractivity (Wildman–Crippen MR) is 99.8 cm³/mol. The molecule has 5 heteroatoms. The maximum atomic E-state index is 12.2. The van der Waals surface area contributed by atoms with Crippen LogP contribution < -0.4 is 5.32 Å². The number of esters is 1. The summed E-state index contributed by atoms with van der Waals surface area (Å²) in [6.07, 6.45) is -0.989. The predicted octanol–water partition coefficient (Wildman–Crippen LogP) is 4.04. The molecule has 0 unspecified atom stereocenters. The highest BCUT2D eigenvalue weighted by molar-refractivity contribution is 5.98. The third kappa shape index (κ3) is 4.70. The molecule has 0 heterocycles. The molecule has 0 aliphatic heterocycles. The highest BCUT2D eigenvalue weighted by Crippen LogP contribution is 2.22. The van der Waals surface area contributed by atoms with Gasteiger partial charge >= 0.3 is 5.97 Å². The van der Waals surface area contributed by atoms with E-state index in [1.54, 1.807) is 36.4 Å². The standard InChI is InChI=1S/C21H22N2O3/c1-14(19(24)23-18-8-6-5-7-16(18)13-22)26-20(25)15-9-11-17(12-10-15)21(2,3)4/h5-12,14H,1-4H3,(H,23,24)/t14-/m1/s1. The lowest BCUT2D eigenvalue weighted by Gasteiger charge is -2.19. The minimum Gasteiger partial charge on any atom is -0.449 e. The molecular formula is C21H22N2O3. The Morgan fingerprint density at radius 3 is 2.27 bits per heavy atom. The van der Waals surface area contributed by atoms with Crippen LogP contribution in [0.4, 0.5) is 5.69 Å². The summed E-state index contributed by atoms with van der Waals surface area (Å²) in [7, 11) is 0. The Bertz CT molecular complexity index is 843. The maximum absolute atomic E-state index is 12.2. The van der Waals surface area contributed by atoms with Gasteiger partial charge in [-0.2, -0.15) is 5.26 Å². The molecule has 0 bridgehead atoms. The van der Waals surface area contributed by atoms with Crippen molar-refractivity contribution >= 4 is 17.6 Å². The average molecular weight is 350 g/mol. The number of anilines is 1. The fourth-order valence-electron chi connectivity index (χ4n) is 2.31. The van der Waals surface area contributed by atoms with Gasteiger partial charge in [-0.1, -0.05) is 45.0 Å². The van der Waals surface area contributed by atoms with Crippen molar-refractivity contribution in [1.82, 2.24) is 0 Å². The van der Waals surface area contributed by atoms with Crippen LogP contribution in [0.1, 0.15) is 49.2 Å². The van der Waals surface area contributed by atoms with Crippen molar-refractivity contribution in [3.8, 4) is 6.07 Å². The first kappa shape index (κ1) is 19.2. The molecule has 134 valence electrons. The second-order valence-electron chi connectivity index (χ2n) is 7.02. The van der Waals surface area contributed by atoms with E-state index in [1.807, 2.05) is 18.2 Å². The minimum atomic E-state index is -0.989. The lowest BCUT2D eigenvalue weighted by atomic mass is 9.87. The van der Waals surface area contributed by atoms with E-state index in [0.717, 1.165) is 5.56 Å². The van der Waals surface area contributed by atoms with E-state index in [-0.39, 0.29) is 5.41 Å². The van der Waals surface area contributed by atoms with Crippen LogP contribution >= 0.6 is 0 Å². The highest BCUT2D eigenvalue weighted by Gasteiger charge is 2.20. The number of amides is 1. The Morgan fingerprint density at radius 1 is 1.08 bits per heavy atom. The van der Waals surface area contributed by atoms with E-state index in [9.17, 15) is 9.59 Å². The summed E-state index contributed by atoms with van der Waals surface area (Å²) in [5, 5.41) is 11.7. The van der Waals surface area contributed by atoms with Gasteiger partial charge in [0, 0.05) is 0 Å². The number of ether oxygens (including phenoxy) is 1. The number of hydrogen-bond acceptors (Lipinski definition) is 4. The monoisotopic (exact) mass is 350 g/mol. The van der Waals surface area contributed by atoms with E-state index >= 15 is 0 Å². The Morgan fingerprint density at radius 2 is 1.69 bits per heavy atom. The fraction of sp³-hybridized carbons (Fsp3) is 0.286. The lowest BCUT2D eigenvalue weighted by Crippen LogP contribution is -2.30. The fourth-order valence-corrected chi connectivity index (χ4v) is 2.31. The van der Waals surface area contributed by atoms with Crippen molar-refractivity contribution in [2.75, 3.05) is 5.32 Å². The number of hydrogen-bond donors (Lipinski definition) is 1. The molecule has 26 heavy (non-hydrogen) atoms. The van der Waals surface area contributed by atoms with E-state index in [2.05, 4.69) is 26.1 Å². The number of carbonyl (C=O) groups excluding carboxylic acids is 2. The number of para-hydroxylation sites is 1. The second-order valence-corrected chi connectivity index (χ2v) is 7.02. The summed E-state index contributed by atoms with van der Waals surface area (Å²) in [4.78, 5) is 24.5. The molecular weight excluding hydrogens is 328 g/mol. The van der Waals surface area contributed by atoms with E-state index < -0.39 is 18.0 Å². The molecule has 0 saturated heterocycles. The van der Waals surface area contributed by atoms with Gasteiger partial charge in [-0.15, -0.1) is 0 Å². The summed E-state index contributed by atoms with van der Waals surface area (Å²) in [6.45, 7) is 7.76. The Balaban J connectivity index is 2.02. The number of carbonyl (C=O) groups is 2. The molecule has 0 fully saturated rings. The van der Waals surface area contributed by atoms with Crippen molar-refractivity contribution in [3.05, 3.63) is 65.2 Å². The molecule has 2 rings (SSSR count). The zero-order valence-electron chi connectivity index (χ0n) is 15.4. The number of nitrogens with one attached hydrogen (secondary N) is 1. The van der Waals surface area contributed by atoms with E-state index in [1.165, 1.54) is 6.92 Å². The summed E-state index contributed by atoms with van der Waals surface area (Å²) in [5.41, 5.74) is 2.21. The van der Waals surface area contributed by atoms with Crippen molar-refractivity contribution < 1.29 is 14.3 Å². The molecule has 1 amide bonds. The van der Waals surface area contributed by atoms with Crippen LogP contribution in [0.15, 0.2) is 48.5 Å². The van der Waals surface area contributed by atoms with Gasteiger partial charge in [0.2, 0.25) is 0 Å². The molecule has 0 aromatic heterocycles. The first-order chi connectivity index (χ1) is 12.2. The molecule has 1 atom stereocenters. The normalized spacial score (nSPS) is 12.0. The van der Waals surface area contributed by atoms with Crippen molar-refractivity contribution in [2.24, 2.45) is 0 Å². The van der Waals surface area contributed by atoms with Crippen LogP contribution in [0.2, 0.25) is 0 Å². The van der Waals surface area contributed by atoms with Crippen LogP contribution in [0.5, 0.6) is 0 Å². The van der Waals surface area contributed by atoms with Gasteiger partial charge in [0.15, 0.2) is 6.10 Å². The zero-order chi connectivity index (χ0) is 19.3. The Kier molecular flexibility index (Phi) is 5.78. The van der Waals surface area contributed by atoms with Gasteiger partial charge in [-0.25, -0.2) is 4.79 Å². The molecule has 0 spiro atoms. The summed E-state index contributed by atoms with van der Waals surface area (Å²) < 4.78 is 5.24. The van der Waals surface area contributed by atoms with Gasteiger partial charge < -0.3 is 10.1 Å². The van der Waals surface area contributed by atoms with Crippen LogP contribution in [0.25, 0.3) is 0 Å². The SMILES string of the molecule is C[C@@H](OC(=O)c1ccc(C(C)(C)C)cc1)C(=O)Nc1ccccc1C#N. The maximum Gasteiger partial charge on any atom is 0.338 e. The number of benzene rings is 2. The van der Waals surface area contributed by atoms with Crippen LogP contribution in [-0.4, -0.2) is 18.0 Å². The first-order valence-corrected chi connectivity index (χ1v) is 8.34. The summed E-state index contributed by atoms with van der Waals surface area (Å²) in [6, 6.07) is 15.8. The second kappa shape index (κ2) is 7.83. The largest absolute Gasteiger partial charge is 0.449 e. The number of nitrogens with zero attached hydrogens (tertiary/aromatic N) is 1. The van der Waals surface area contributed by atoms with Gasteiger partial charge in [-0.05, 0) is 42.2 Å².